The van der Waals surface area contributed by atoms with Crippen molar-refractivity contribution in [1.29, 1.82) is 0 Å². The SMILES string of the molecule is CCS(=O)(=O)c1ccccc1C(=O)NC(CO)(CO)CO. The second-order valence-electron chi connectivity index (χ2n) is 4.61. The fourth-order valence-corrected chi connectivity index (χ4v) is 2.75. The monoisotopic (exact) mass is 317 g/mol. The van der Waals surface area contributed by atoms with Crippen molar-refractivity contribution < 1.29 is 28.5 Å². The minimum Gasteiger partial charge on any atom is -0.394 e. The fourth-order valence-electron chi connectivity index (χ4n) is 1.66. The van der Waals surface area contributed by atoms with Gasteiger partial charge in [0.2, 0.25) is 0 Å². The van der Waals surface area contributed by atoms with Crippen molar-refractivity contribution >= 4 is 15.7 Å². The molecule has 0 saturated heterocycles. The quantitative estimate of drug-likeness (QED) is 0.507. The molecule has 0 aliphatic carbocycles. The molecule has 0 aliphatic rings. The van der Waals surface area contributed by atoms with Crippen LogP contribution in [0.1, 0.15) is 17.3 Å². The summed E-state index contributed by atoms with van der Waals surface area (Å²) in [7, 11) is -3.60. The lowest BCUT2D eigenvalue weighted by Crippen LogP contribution is -2.57. The number of aliphatic hydroxyl groups is 3. The summed E-state index contributed by atoms with van der Waals surface area (Å²) >= 11 is 0. The van der Waals surface area contributed by atoms with Crippen LogP contribution in [0.3, 0.4) is 0 Å². The molecule has 0 heterocycles. The Morgan fingerprint density at radius 2 is 1.67 bits per heavy atom. The van der Waals surface area contributed by atoms with E-state index >= 15 is 0 Å². The van der Waals surface area contributed by atoms with Crippen LogP contribution in [0.2, 0.25) is 0 Å². The first-order chi connectivity index (χ1) is 9.85. The van der Waals surface area contributed by atoms with Crippen LogP contribution in [0.15, 0.2) is 29.2 Å². The maximum Gasteiger partial charge on any atom is 0.253 e. The maximum absolute atomic E-state index is 12.2. The standard InChI is InChI=1S/C13H19NO6S/c1-2-21(19,20)11-6-4-3-5-10(11)12(18)14-13(7-15,8-16)9-17/h3-6,15-17H,2,7-9H2,1H3,(H,14,18). The number of benzene rings is 1. The van der Waals surface area contributed by atoms with Crippen molar-refractivity contribution in [1.82, 2.24) is 5.32 Å². The molecule has 4 N–H and O–H groups in total. The van der Waals surface area contributed by atoms with Gasteiger partial charge in [-0.25, -0.2) is 8.42 Å². The summed E-state index contributed by atoms with van der Waals surface area (Å²) in [6.45, 7) is -0.596. The van der Waals surface area contributed by atoms with Gasteiger partial charge in [-0.1, -0.05) is 19.1 Å². The van der Waals surface area contributed by atoms with E-state index < -0.39 is 41.1 Å². The maximum atomic E-state index is 12.2. The van der Waals surface area contributed by atoms with E-state index in [1.165, 1.54) is 31.2 Å². The van der Waals surface area contributed by atoms with Crippen molar-refractivity contribution in [2.75, 3.05) is 25.6 Å². The van der Waals surface area contributed by atoms with Crippen LogP contribution < -0.4 is 5.32 Å². The number of aliphatic hydroxyl groups excluding tert-OH is 3. The van der Waals surface area contributed by atoms with Gasteiger partial charge in [0.25, 0.3) is 5.91 Å². The third-order valence-corrected chi connectivity index (χ3v) is 4.92. The molecule has 1 rings (SSSR count). The van der Waals surface area contributed by atoms with E-state index in [1.54, 1.807) is 0 Å². The van der Waals surface area contributed by atoms with E-state index in [4.69, 9.17) is 0 Å². The molecule has 0 bridgehead atoms. The number of amides is 1. The smallest absolute Gasteiger partial charge is 0.253 e. The van der Waals surface area contributed by atoms with Gasteiger partial charge in [0.05, 0.1) is 36.0 Å². The predicted molar refractivity (Wildman–Crippen MR) is 75.6 cm³/mol. The van der Waals surface area contributed by atoms with Gasteiger partial charge in [0.15, 0.2) is 9.84 Å². The molecule has 8 heteroatoms. The number of rotatable bonds is 7. The Hall–Kier alpha value is -1.48. The van der Waals surface area contributed by atoms with Crippen LogP contribution in [0, 0.1) is 0 Å². The number of hydrogen-bond donors (Lipinski definition) is 4. The van der Waals surface area contributed by atoms with Crippen LogP contribution in [-0.2, 0) is 9.84 Å². The Labute approximate surface area is 123 Å². The first-order valence-corrected chi connectivity index (χ1v) is 7.98. The highest BCUT2D eigenvalue weighted by Gasteiger charge is 2.32. The highest BCUT2D eigenvalue weighted by atomic mass is 32.2. The van der Waals surface area contributed by atoms with Crippen molar-refractivity contribution in [2.24, 2.45) is 0 Å². The molecule has 1 amide bonds. The lowest BCUT2D eigenvalue weighted by atomic mass is 10.0. The van der Waals surface area contributed by atoms with Crippen LogP contribution >= 0.6 is 0 Å². The average molecular weight is 317 g/mol. The Morgan fingerprint density at radius 3 is 2.14 bits per heavy atom. The first kappa shape index (κ1) is 17.6. The predicted octanol–water partition coefficient (Wildman–Crippen LogP) is -1.07. The van der Waals surface area contributed by atoms with Crippen LogP contribution in [0.5, 0.6) is 0 Å². The van der Waals surface area contributed by atoms with Gasteiger partial charge in [-0.3, -0.25) is 4.79 Å². The molecule has 0 radical (unpaired) electrons. The summed E-state index contributed by atoms with van der Waals surface area (Å²) in [4.78, 5) is 12.1. The van der Waals surface area contributed by atoms with E-state index in [9.17, 15) is 28.5 Å². The number of sulfone groups is 1. The van der Waals surface area contributed by atoms with Crippen molar-refractivity contribution in [2.45, 2.75) is 17.4 Å². The number of hydrogen-bond acceptors (Lipinski definition) is 6. The van der Waals surface area contributed by atoms with Gasteiger partial charge in [-0.15, -0.1) is 0 Å². The molecule has 21 heavy (non-hydrogen) atoms. The summed E-state index contributed by atoms with van der Waals surface area (Å²) in [5.74, 6) is -0.956. The minimum atomic E-state index is -3.60. The molecular formula is C13H19NO6S. The van der Waals surface area contributed by atoms with E-state index in [2.05, 4.69) is 5.32 Å². The second kappa shape index (κ2) is 6.99. The zero-order valence-corrected chi connectivity index (χ0v) is 12.4. The largest absolute Gasteiger partial charge is 0.394 e. The van der Waals surface area contributed by atoms with Gasteiger partial charge in [0.1, 0.15) is 5.54 Å². The van der Waals surface area contributed by atoms with Gasteiger partial charge < -0.3 is 20.6 Å². The molecule has 7 nitrogen and oxygen atoms in total. The molecule has 0 fully saturated rings. The van der Waals surface area contributed by atoms with Crippen molar-refractivity contribution in [3.63, 3.8) is 0 Å². The first-order valence-electron chi connectivity index (χ1n) is 6.32. The van der Waals surface area contributed by atoms with E-state index in [1.807, 2.05) is 0 Å². The fraction of sp³-hybridized carbons (Fsp3) is 0.462. The number of carbonyl (C=O) groups excluding carboxylic acids is 1. The molecule has 118 valence electrons. The Balaban J connectivity index is 3.21. The molecule has 1 aromatic carbocycles. The topological polar surface area (TPSA) is 124 Å². The molecular weight excluding hydrogens is 298 g/mol. The third kappa shape index (κ3) is 3.79. The number of nitrogens with one attached hydrogen (secondary N) is 1. The lowest BCUT2D eigenvalue weighted by molar-refractivity contribution is 0.0374. The van der Waals surface area contributed by atoms with Crippen molar-refractivity contribution in [3.8, 4) is 0 Å². The average Bonchev–Trinajstić information content (AvgIpc) is 2.52. The second-order valence-corrected chi connectivity index (χ2v) is 6.86. The third-order valence-electron chi connectivity index (χ3n) is 3.13. The molecule has 0 aromatic heterocycles. The Kier molecular flexibility index (Phi) is 5.85. The summed E-state index contributed by atoms with van der Waals surface area (Å²) in [5.41, 5.74) is -1.71. The van der Waals surface area contributed by atoms with Crippen molar-refractivity contribution in [3.05, 3.63) is 29.8 Å². The Morgan fingerprint density at radius 1 is 1.14 bits per heavy atom. The van der Waals surface area contributed by atoms with Crippen LogP contribution in [-0.4, -0.2) is 60.8 Å². The highest BCUT2D eigenvalue weighted by molar-refractivity contribution is 7.91. The molecule has 0 unspecified atom stereocenters. The van der Waals surface area contributed by atoms with Gasteiger partial charge in [0, 0.05) is 0 Å². The van der Waals surface area contributed by atoms with E-state index in [-0.39, 0.29) is 16.2 Å². The molecule has 0 spiro atoms. The summed E-state index contributed by atoms with van der Waals surface area (Å²) < 4.78 is 23.9. The van der Waals surface area contributed by atoms with Crippen LogP contribution in [0.4, 0.5) is 0 Å². The van der Waals surface area contributed by atoms with Gasteiger partial charge >= 0.3 is 0 Å². The highest BCUT2D eigenvalue weighted by Crippen LogP contribution is 2.18. The summed E-state index contributed by atoms with van der Waals surface area (Å²) in [5, 5.41) is 29.9. The molecule has 1 aromatic rings. The molecule has 0 aliphatic heterocycles. The lowest BCUT2D eigenvalue weighted by Gasteiger charge is -2.29. The molecule has 0 saturated carbocycles. The van der Waals surface area contributed by atoms with Gasteiger partial charge in [-0.05, 0) is 12.1 Å². The zero-order chi connectivity index (χ0) is 16.1. The minimum absolute atomic E-state index is 0.0981. The van der Waals surface area contributed by atoms with E-state index in [0.717, 1.165) is 0 Å². The summed E-state index contributed by atoms with van der Waals surface area (Å²) in [6.07, 6.45) is 0. The normalized spacial score (nSPS) is 12.2. The number of carbonyl (C=O) groups is 1. The Bertz CT molecular complexity index is 586. The van der Waals surface area contributed by atoms with Gasteiger partial charge in [-0.2, -0.15) is 0 Å². The zero-order valence-electron chi connectivity index (χ0n) is 11.6. The summed E-state index contributed by atoms with van der Waals surface area (Å²) in [6, 6.07) is 5.64. The van der Waals surface area contributed by atoms with E-state index in [0.29, 0.717) is 0 Å². The van der Waals surface area contributed by atoms with Crippen LogP contribution in [0.25, 0.3) is 0 Å². The molecule has 0 atom stereocenters.